The van der Waals surface area contributed by atoms with Crippen LogP contribution in [0.2, 0.25) is 0 Å². The maximum absolute atomic E-state index is 12.3. The Balaban J connectivity index is 3.00. The summed E-state index contributed by atoms with van der Waals surface area (Å²) >= 11 is 0. The van der Waals surface area contributed by atoms with E-state index < -0.39 is 12.4 Å². The number of nitrogens with two attached hydrogens (primary N) is 1. The van der Waals surface area contributed by atoms with Gasteiger partial charge in [-0.15, -0.1) is 0 Å². The molecule has 1 aromatic rings. The van der Waals surface area contributed by atoms with Gasteiger partial charge in [-0.2, -0.15) is 0 Å². The van der Waals surface area contributed by atoms with Crippen LogP contribution in [0.3, 0.4) is 0 Å². The van der Waals surface area contributed by atoms with Crippen molar-refractivity contribution in [3.05, 3.63) is 23.5 Å². The van der Waals surface area contributed by atoms with Gasteiger partial charge in [-0.1, -0.05) is 0 Å². The van der Waals surface area contributed by atoms with Gasteiger partial charge in [-0.25, -0.2) is 8.78 Å². The number of carbonyl (C=O) groups is 1. The molecule has 0 spiro atoms. The van der Waals surface area contributed by atoms with Crippen molar-refractivity contribution in [3.8, 4) is 0 Å². The van der Waals surface area contributed by atoms with Crippen LogP contribution in [0.4, 0.5) is 14.5 Å². The maximum atomic E-state index is 12.3. The van der Waals surface area contributed by atoms with Crippen molar-refractivity contribution in [1.82, 2.24) is 4.98 Å². The summed E-state index contributed by atoms with van der Waals surface area (Å²) in [6.45, 7) is 0. The number of hydrogen-bond donors (Lipinski definition) is 2. The number of halogens is 2. The third-order valence-corrected chi connectivity index (χ3v) is 1.59. The second kappa shape index (κ2) is 3.99. The van der Waals surface area contributed by atoms with Crippen molar-refractivity contribution in [2.24, 2.45) is 0 Å². The predicted molar refractivity (Wildman–Crippen MR) is 44.9 cm³/mol. The zero-order valence-corrected chi connectivity index (χ0v) is 7.08. The molecular weight excluding hydrogens is 194 g/mol. The fourth-order valence-electron chi connectivity index (χ4n) is 0.968. The first-order chi connectivity index (χ1) is 6.50. The van der Waals surface area contributed by atoms with Gasteiger partial charge in [0, 0.05) is 5.56 Å². The highest BCUT2D eigenvalue weighted by molar-refractivity contribution is 5.69. The third-order valence-electron chi connectivity index (χ3n) is 1.59. The minimum atomic E-state index is -2.72. The van der Waals surface area contributed by atoms with Crippen LogP contribution in [0, 0.1) is 0 Å². The summed E-state index contributed by atoms with van der Waals surface area (Å²) in [6, 6.07) is 1.01. The topological polar surface area (TPSA) is 76.2 Å². The SMILES string of the molecule is Nc1cnc(CC(=O)O)cc1C(F)F. The number of pyridine rings is 1. The lowest BCUT2D eigenvalue weighted by atomic mass is 10.1. The maximum Gasteiger partial charge on any atom is 0.309 e. The molecule has 0 fully saturated rings. The van der Waals surface area contributed by atoms with Crippen LogP contribution in [-0.4, -0.2) is 16.1 Å². The lowest BCUT2D eigenvalue weighted by Crippen LogP contribution is -2.05. The van der Waals surface area contributed by atoms with Crippen LogP contribution in [0.15, 0.2) is 12.3 Å². The largest absolute Gasteiger partial charge is 0.481 e. The lowest BCUT2D eigenvalue weighted by Gasteiger charge is -2.05. The quantitative estimate of drug-likeness (QED) is 0.772. The molecule has 0 aliphatic carbocycles. The molecule has 0 bridgehead atoms. The Morgan fingerprint density at radius 3 is 2.79 bits per heavy atom. The Morgan fingerprint density at radius 2 is 2.29 bits per heavy atom. The number of hydrogen-bond acceptors (Lipinski definition) is 3. The highest BCUT2D eigenvalue weighted by atomic mass is 19.3. The molecule has 6 heteroatoms. The molecule has 0 saturated carbocycles. The second-order valence-electron chi connectivity index (χ2n) is 2.68. The fourth-order valence-corrected chi connectivity index (χ4v) is 0.968. The van der Waals surface area contributed by atoms with Crippen LogP contribution in [0.25, 0.3) is 0 Å². The van der Waals surface area contributed by atoms with Gasteiger partial charge in [0.25, 0.3) is 6.43 Å². The first-order valence-electron chi connectivity index (χ1n) is 3.75. The van der Waals surface area contributed by atoms with Gasteiger partial charge in [-0.05, 0) is 6.07 Å². The minimum absolute atomic E-state index is 0.0713. The van der Waals surface area contributed by atoms with Crippen molar-refractivity contribution in [1.29, 1.82) is 0 Å². The number of carboxylic acids is 1. The van der Waals surface area contributed by atoms with Crippen molar-refractivity contribution in [2.45, 2.75) is 12.8 Å². The average molecular weight is 202 g/mol. The molecule has 0 amide bonds. The summed E-state index contributed by atoms with van der Waals surface area (Å²) in [5, 5.41) is 8.41. The lowest BCUT2D eigenvalue weighted by molar-refractivity contribution is -0.136. The van der Waals surface area contributed by atoms with Crippen LogP contribution in [-0.2, 0) is 11.2 Å². The molecule has 1 rings (SSSR count). The standard InChI is InChI=1S/C8H8F2N2O2/c9-8(10)5-1-4(2-7(13)14)12-3-6(5)11/h1,3,8H,2,11H2,(H,13,14). The van der Waals surface area contributed by atoms with Gasteiger partial charge in [0.1, 0.15) is 0 Å². The van der Waals surface area contributed by atoms with E-state index in [9.17, 15) is 13.6 Å². The van der Waals surface area contributed by atoms with Gasteiger partial charge in [-0.3, -0.25) is 9.78 Å². The molecule has 0 atom stereocenters. The molecule has 76 valence electrons. The molecule has 1 aromatic heterocycles. The van der Waals surface area contributed by atoms with Crippen molar-refractivity contribution in [2.75, 3.05) is 5.73 Å². The number of rotatable bonds is 3. The number of alkyl halides is 2. The average Bonchev–Trinajstić information content (AvgIpc) is 2.07. The molecule has 0 aromatic carbocycles. The normalized spacial score (nSPS) is 10.5. The smallest absolute Gasteiger partial charge is 0.309 e. The highest BCUT2D eigenvalue weighted by Crippen LogP contribution is 2.24. The van der Waals surface area contributed by atoms with Gasteiger partial charge >= 0.3 is 5.97 Å². The summed E-state index contributed by atoms with van der Waals surface area (Å²) in [5.74, 6) is -1.12. The molecule has 4 nitrogen and oxygen atoms in total. The number of nitrogen functional groups attached to an aromatic ring is 1. The zero-order chi connectivity index (χ0) is 10.7. The number of aromatic nitrogens is 1. The third kappa shape index (κ3) is 2.38. The van der Waals surface area contributed by atoms with E-state index in [0.717, 1.165) is 12.3 Å². The van der Waals surface area contributed by atoms with Crippen LogP contribution in [0.5, 0.6) is 0 Å². The number of aliphatic carboxylic acids is 1. The van der Waals surface area contributed by atoms with E-state index in [2.05, 4.69) is 4.98 Å². The molecule has 0 radical (unpaired) electrons. The molecule has 0 unspecified atom stereocenters. The van der Waals surface area contributed by atoms with E-state index in [-0.39, 0.29) is 23.4 Å². The molecule has 1 heterocycles. The summed E-state index contributed by atoms with van der Waals surface area (Å²) in [5.41, 5.74) is 4.79. The van der Waals surface area contributed by atoms with Gasteiger partial charge in [0.2, 0.25) is 0 Å². The summed E-state index contributed by atoms with van der Waals surface area (Å²) < 4.78 is 24.6. The predicted octanol–water partition coefficient (Wildman–Crippen LogP) is 1.23. The summed E-state index contributed by atoms with van der Waals surface area (Å²) in [7, 11) is 0. The van der Waals surface area contributed by atoms with Crippen LogP contribution < -0.4 is 5.73 Å². The molecule has 14 heavy (non-hydrogen) atoms. The Kier molecular flexibility index (Phi) is 2.95. The van der Waals surface area contributed by atoms with Gasteiger partial charge < -0.3 is 10.8 Å². The summed E-state index contributed by atoms with van der Waals surface area (Å²) in [6.07, 6.45) is -2.06. The number of nitrogens with zero attached hydrogens (tertiary/aromatic N) is 1. The molecule has 3 N–H and O–H groups in total. The van der Waals surface area contributed by atoms with E-state index in [1.165, 1.54) is 0 Å². The highest BCUT2D eigenvalue weighted by Gasteiger charge is 2.13. The number of carboxylic acid groups (broad SMARTS) is 1. The van der Waals surface area contributed by atoms with Gasteiger partial charge in [0.15, 0.2) is 0 Å². The van der Waals surface area contributed by atoms with Crippen LogP contribution >= 0.6 is 0 Å². The minimum Gasteiger partial charge on any atom is -0.481 e. The van der Waals surface area contributed by atoms with E-state index in [1.54, 1.807) is 0 Å². The Hall–Kier alpha value is -1.72. The molecule has 0 saturated heterocycles. The van der Waals surface area contributed by atoms with Crippen molar-refractivity contribution in [3.63, 3.8) is 0 Å². The van der Waals surface area contributed by atoms with E-state index in [1.807, 2.05) is 0 Å². The second-order valence-corrected chi connectivity index (χ2v) is 2.68. The molecule has 0 aliphatic rings. The first-order valence-corrected chi connectivity index (χ1v) is 3.75. The molecule has 0 aliphatic heterocycles. The van der Waals surface area contributed by atoms with E-state index >= 15 is 0 Å². The van der Waals surface area contributed by atoms with E-state index in [4.69, 9.17) is 10.8 Å². The monoisotopic (exact) mass is 202 g/mol. The fraction of sp³-hybridized carbons (Fsp3) is 0.250. The Morgan fingerprint density at radius 1 is 1.64 bits per heavy atom. The Labute approximate surface area is 78.4 Å². The molecular formula is C8H8F2N2O2. The first kappa shape index (κ1) is 10.4. The van der Waals surface area contributed by atoms with Gasteiger partial charge in [0.05, 0.1) is 24.0 Å². The van der Waals surface area contributed by atoms with Crippen molar-refractivity contribution < 1.29 is 18.7 Å². The number of anilines is 1. The zero-order valence-electron chi connectivity index (χ0n) is 7.08. The van der Waals surface area contributed by atoms with Crippen LogP contribution in [0.1, 0.15) is 17.7 Å². The van der Waals surface area contributed by atoms with E-state index in [0.29, 0.717) is 0 Å². The summed E-state index contributed by atoms with van der Waals surface area (Å²) in [4.78, 5) is 13.9. The van der Waals surface area contributed by atoms with Crippen molar-refractivity contribution >= 4 is 11.7 Å². The Bertz CT molecular complexity index is 355.